The molecule has 2 aromatic rings. The van der Waals surface area contributed by atoms with Crippen LogP contribution in [0.5, 0.6) is 0 Å². The zero-order valence-corrected chi connectivity index (χ0v) is 23.1. The van der Waals surface area contributed by atoms with Gasteiger partial charge in [-0.05, 0) is 62.8 Å². The van der Waals surface area contributed by atoms with Gasteiger partial charge in [0.05, 0.1) is 0 Å². The van der Waals surface area contributed by atoms with Crippen LogP contribution >= 0.6 is 0 Å². The van der Waals surface area contributed by atoms with Crippen LogP contribution < -0.4 is 5.32 Å². The highest BCUT2D eigenvalue weighted by molar-refractivity contribution is 6.06. The fraction of sp³-hybridized carbons (Fsp3) is 0.621. The number of hydrogen-bond acceptors (Lipinski definition) is 7. The normalized spacial score (nSPS) is 23.4. The fourth-order valence-electron chi connectivity index (χ4n) is 6.21. The molecule has 216 valence electrons. The first kappa shape index (κ1) is 28.3. The molecule has 3 aliphatic rings. The summed E-state index contributed by atoms with van der Waals surface area (Å²) in [7, 11) is 0. The number of amides is 2. The van der Waals surface area contributed by atoms with E-state index in [0.717, 1.165) is 69.7 Å². The maximum absolute atomic E-state index is 14.3. The maximum Gasteiger partial charge on any atom is 0.251 e. The van der Waals surface area contributed by atoms with E-state index in [2.05, 4.69) is 20.4 Å². The third-order valence-electron chi connectivity index (χ3n) is 8.83. The number of carbonyl (C=O) groups is 3. The second-order valence-corrected chi connectivity index (χ2v) is 11.4. The third kappa shape index (κ3) is 5.80. The molecule has 0 spiro atoms. The van der Waals surface area contributed by atoms with Gasteiger partial charge in [0.1, 0.15) is 12.1 Å². The molecule has 1 aromatic heterocycles. The molecule has 1 aliphatic carbocycles. The number of nitrogens with zero attached hydrogens (tertiary/aromatic N) is 4. The molecule has 0 unspecified atom stereocenters. The average molecular weight is 558 g/mol. The topological polar surface area (TPSA) is 109 Å². The summed E-state index contributed by atoms with van der Waals surface area (Å²) in [5.41, 5.74) is -0.104. The molecule has 3 heterocycles. The Morgan fingerprint density at radius 3 is 2.58 bits per heavy atom. The molecule has 4 atom stereocenters. The van der Waals surface area contributed by atoms with Gasteiger partial charge in [0.25, 0.3) is 5.89 Å². The highest BCUT2D eigenvalue weighted by Crippen LogP contribution is 2.35. The Labute approximate surface area is 232 Å². The molecule has 9 nitrogen and oxygen atoms in total. The summed E-state index contributed by atoms with van der Waals surface area (Å²) in [6, 6.07) is 1.78. The first-order valence-corrected chi connectivity index (χ1v) is 14.4. The van der Waals surface area contributed by atoms with E-state index in [1.165, 1.54) is 0 Å². The number of rotatable bonds is 8. The minimum atomic E-state index is -1.15. The van der Waals surface area contributed by atoms with Crippen molar-refractivity contribution in [2.75, 3.05) is 19.6 Å². The van der Waals surface area contributed by atoms with Gasteiger partial charge in [0.2, 0.25) is 23.4 Å². The van der Waals surface area contributed by atoms with Crippen LogP contribution in [0.25, 0.3) is 0 Å². The Kier molecular flexibility index (Phi) is 8.58. The van der Waals surface area contributed by atoms with Crippen molar-refractivity contribution in [2.45, 2.75) is 83.3 Å². The van der Waals surface area contributed by atoms with E-state index in [0.29, 0.717) is 19.5 Å². The zero-order valence-electron chi connectivity index (χ0n) is 23.1. The summed E-state index contributed by atoms with van der Waals surface area (Å²) in [5.74, 6) is -3.53. The zero-order chi connectivity index (χ0) is 28.4. The van der Waals surface area contributed by atoms with E-state index in [1.54, 1.807) is 4.90 Å². The van der Waals surface area contributed by atoms with Crippen LogP contribution in [0.4, 0.5) is 8.78 Å². The second kappa shape index (κ2) is 12.1. The minimum absolute atomic E-state index is 0.0460. The van der Waals surface area contributed by atoms with Crippen molar-refractivity contribution in [3.63, 3.8) is 0 Å². The number of carbonyl (C=O) groups excluding carboxylic acids is 3. The molecular weight excluding hydrogens is 520 g/mol. The largest absolute Gasteiger partial charge is 0.344 e. The van der Waals surface area contributed by atoms with Crippen molar-refractivity contribution in [1.29, 1.82) is 0 Å². The SMILES string of the molecule is CC[C@@H](C)C(=O)N[C@H](C(=O)N1C[C@H]2CCCN2C[C@H]1c1nc(C(=O)c2ccc(F)c(F)c2)no1)C1CCCCC1. The molecule has 11 heteroatoms. The molecule has 0 bridgehead atoms. The molecule has 2 amide bonds. The number of aromatic nitrogens is 2. The van der Waals surface area contributed by atoms with Crippen molar-refractivity contribution in [3.8, 4) is 0 Å². The lowest BCUT2D eigenvalue weighted by Crippen LogP contribution is -2.60. The summed E-state index contributed by atoms with van der Waals surface area (Å²) in [5, 5.41) is 6.93. The van der Waals surface area contributed by atoms with Gasteiger partial charge in [-0.2, -0.15) is 4.98 Å². The lowest BCUT2D eigenvalue weighted by Gasteiger charge is -2.44. The smallest absolute Gasteiger partial charge is 0.251 e. The van der Waals surface area contributed by atoms with Gasteiger partial charge in [0.15, 0.2) is 11.6 Å². The van der Waals surface area contributed by atoms with Gasteiger partial charge in [-0.3, -0.25) is 19.3 Å². The van der Waals surface area contributed by atoms with Crippen LogP contribution in [0.3, 0.4) is 0 Å². The standard InChI is InChI=1S/C29H37F2N5O4/c1-3-17(2)27(38)32-24(18-8-5-4-6-9-18)29(39)36-15-20-10-7-13-35(20)16-23(36)28-33-26(34-40-28)25(37)19-11-12-21(30)22(31)14-19/h11-12,14,17-18,20,23-24H,3-10,13,15-16H2,1-2H3,(H,32,38)/t17-,20-,23+,24+/m1/s1. The Morgan fingerprint density at radius 2 is 1.85 bits per heavy atom. The monoisotopic (exact) mass is 557 g/mol. The van der Waals surface area contributed by atoms with Crippen molar-refractivity contribution < 1.29 is 27.7 Å². The lowest BCUT2D eigenvalue weighted by molar-refractivity contribution is -0.145. The number of ketones is 1. The molecule has 1 N–H and O–H groups in total. The number of benzene rings is 1. The van der Waals surface area contributed by atoms with Crippen molar-refractivity contribution in [3.05, 3.63) is 47.1 Å². The van der Waals surface area contributed by atoms with Gasteiger partial charge in [0, 0.05) is 30.6 Å². The van der Waals surface area contributed by atoms with E-state index >= 15 is 0 Å². The van der Waals surface area contributed by atoms with Crippen LogP contribution in [0.2, 0.25) is 0 Å². The summed E-state index contributed by atoms with van der Waals surface area (Å²) in [4.78, 5) is 48.6. The number of piperazine rings is 1. The van der Waals surface area contributed by atoms with E-state index < -0.39 is 29.5 Å². The van der Waals surface area contributed by atoms with Gasteiger partial charge in [-0.1, -0.05) is 38.3 Å². The van der Waals surface area contributed by atoms with Crippen molar-refractivity contribution in [2.24, 2.45) is 11.8 Å². The summed E-state index contributed by atoms with van der Waals surface area (Å²) >= 11 is 0. The maximum atomic E-state index is 14.3. The Morgan fingerprint density at radius 1 is 1.07 bits per heavy atom. The van der Waals surface area contributed by atoms with E-state index in [4.69, 9.17) is 4.52 Å². The quantitative estimate of drug-likeness (QED) is 0.488. The van der Waals surface area contributed by atoms with E-state index in [1.807, 2.05) is 13.8 Å². The van der Waals surface area contributed by atoms with E-state index in [-0.39, 0.29) is 47.0 Å². The van der Waals surface area contributed by atoms with Crippen LogP contribution in [0.15, 0.2) is 22.7 Å². The fourth-order valence-corrected chi connectivity index (χ4v) is 6.21. The Bertz CT molecular complexity index is 1250. The third-order valence-corrected chi connectivity index (χ3v) is 8.83. The lowest BCUT2D eigenvalue weighted by atomic mass is 9.82. The van der Waals surface area contributed by atoms with E-state index in [9.17, 15) is 23.2 Å². The highest BCUT2D eigenvalue weighted by Gasteiger charge is 2.45. The van der Waals surface area contributed by atoms with Crippen LogP contribution in [-0.2, 0) is 9.59 Å². The average Bonchev–Trinajstić information content (AvgIpc) is 3.65. The molecule has 2 aliphatic heterocycles. The van der Waals surface area contributed by atoms with Gasteiger partial charge in [-0.15, -0.1) is 0 Å². The van der Waals surface area contributed by atoms with Crippen LogP contribution in [-0.4, -0.2) is 69.3 Å². The summed E-state index contributed by atoms with van der Waals surface area (Å²) in [6.45, 7) is 5.62. The van der Waals surface area contributed by atoms with Gasteiger partial charge in [-0.25, -0.2) is 8.78 Å². The van der Waals surface area contributed by atoms with Gasteiger partial charge >= 0.3 is 0 Å². The molecule has 2 saturated heterocycles. The number of hydrogen-bond donors (Lipinski definition) is 1. The molecule has 1 saturated carbocycles. The minimum Gasteiger partial charge on any atom is -0.344 e. The van der Waals surface area contributed by atoms with Crippen LogP contribution in [0.1, 0.15) is 93.3 Å². The molecule has 40 heavy (non-hydrogen) atoms. The number of fused-ring (bicyclic) bond motifs is 1. The molecular formula is C29H37F2N5O4. The molecule has 5 rings (SSSR count). The number of halogens is 2. The van der Waals surface area contributed by atoms with Crippen LogP contribution in [0, 0.1) is 23.5 Å². The summed E-state index contributed by atoms with van der Waals surface area (Å²) < 4.78 is 32.6. The molecule has 0 radical (unpaired) electrons. The molecule has 3 fully saturated rings. The first-order chi connectivity index (χ1) is 19.3. The summed E-state index contributed by atoms with van der Waals surface area (Å²) in [6.07, 6.45) is 7.57. The van der Waals surface area contributed by atoms with Crippen molar-refractivity contribution >= 4 is 17.6 Å². The Balaban J connectivity index is 1.43. The first-order valence-electron chi connectivity index (χ1n) is 14.4. The number of nitrogens with one attached hydrogen (secondary N) is 1. The highest BCUT2D eigenvalue weighted by atomic mass is 19.2. The predicted octanol–water partition coefficient (Wildman–Crippen LogP) is 4.04. The van der Waals surface area contributed by atoms with Gasteiger partial charge < -0.3 is 14.7 Å². The van der Waals surface area contributed by atoms with Crippen molar-refractivity contribution in [1.82, 2.24) is 25.3 Å². The molecule has 1 aromatic carbocycles. The Hall–Kier alpha value is -3.21. The predicted molar refractivity (Wildman–Crippen MR) is 141 cm³/mol. The second-order valence-electron chi connectivity index (χ2n) is 11.4.